The van der Waals surface area contributed by atoms with Crippen LogP contribution in [0.25, 0.3) is 5.76 Å². The van der Waals surface area contributed by atoms with Gasteiger partial charge in [0.2, 0.25) is 0 Å². The molecule has 0 aliphatic carbocycles. The maximum absolute atomic E-state index is 14.3. The fraction of sp³-hybridized carbons (Fsp3) is 0.304. The molecular weight excluding hydrogens is 458 g/mol. The lowest BCUT2D eigenvalue weighted by Crippen LogP contribution is -2.32. The van der Waals surface area contributed by atoms with E-state index in [1.807, 2.05) is 19.0 Å². The Morgan fingerprint density at radius 1 is 1.16 bits per heavy atom. The van der Waals surface area contributed by atoms with Gasteiger partial charge in [0.25, 0.3) is 11.7 Å². The molecule has 1 fully saturated rings. The molecule has 0 aromatic heterocycles. The number of halogens is 3. The summed E-state index contributed by atoms with van der Waals surface area (Å²) in [5.74, 6) is -2.78. The predicted octanol–water partition coefficient (Wildman–Crippen LogP) is 4.51. The average molecular weight is 481 g/mol. The monoisotopic (exact) mass is 480 g/mol. The number of carbonyl (C=O) groups excluding carboxylic acids is 2. The van der Waals surface area contributed by atoms with Gasteiger partial charge in [-0.05, 0) is 63.0 Å². The van der Waals surface area contributed by atoms with E-state index in [4.69, 9.17) is 27.9 Å². The number of ether oxygens (including phenoxy) is 1. The molecule has 1 unspecified atom stereocenters. The second-order valence-corrected chi connectivity index (χ2v) is 8.49. The summed E-state index contributed by atoms with van der Waals surface area (Å²) in [6, 6.07) is 7.68. The quantitative estimate of drug-likeness (QED) is 0.358. The van der Waals surface area contributed by atoms with Gasteiger partial charge in [-0.15, -0.1) is 0 Å². The van der Waals surface area contributed by atoms with Gasteiger partial charge >= 0.3 is 0 Å². The number of hydrogen-bond donors (Lipinski definition) is 1. The summed E-state index contributed by atoms with van der Waals surface area (Å²) < 4.78 is 19.2. The first-order valence-electron chi connectivity index (χ1n) is 9.87. The SMILES string of the molecule is COc1ccc(/C(O)=C2/C(=O)C(=O)N(CCCN(C)C)C2c2ccc(Cl)c(Cl)c2)cc1F. The molecule has 2 aromatic rings. The van der Waals surface area contributed by atoms with Gasteiger partial charge < -0.3 is 19.6 Å². The van der Waals surface area contributed by atoms with Gasteiger partial charge in [0, 0.05) is 12.1 Å². The summed E-state index contributed by atoms with van der Waals surface area (Å²) in [6.07, 6.45) is 0.606. The molecule has 1 heterocycles. The first-order valence-corrected chi connectivity index (χ1v) is 10.6. The van der Waals surface area contributed by atoms with Crippen molar-refractivity contribution in [2.75, 3.05) is 34.3 Å². The highest BCUT2D eigenvalue weighted by Gasteiger charge is 2.46. The van der Waals surface area contributed by atoms with Crippen molar-refractivity contribution in [1.82, 2.24) is 9.80 Å². The zero-order valence-electron chi connectivity index (χ0n) is 17.9. The number of benzene rings is 2. The van der Waals surface area contributed by atoms with E-state index in [1.54, 1.807) is 18.2 Å². The van der Waals surface area contributed by atoms with Crippen LogP contribution in [0.4, 0.5) is 4.39 Å². The summed E-state index contributed by atoms with van der Waals surface area (Å²) >= 11 is 12.2. The minimum atomic E-state index is -0.892. The van der Waals surface area contributed by atoms with Crippen molar-refractivity contribution >= 4 is 40.7 Å². The molecule has 170 valence electrons. The van der Waals surface area contributed by atoms with Gasteiger partial charge in [-0.1, -0.05) is 29.3 Å². The molecule has 6 nitrogen and oxygen atoms in total. The van der Waals surface area contributed by atoms with E-state index >= 15 is 0 Å². The molecule has 1 saturated heterocycles. The summed E-state index contributed by atoms with van der Waals surface area (Å²) in [5.41, 5.74) is 0.432. The molecule has 9 heteroatoms. The lowest BCUT2D eigenvalue weighted by molar-refractivity contribution is -0.139. The second kappa shape index (κ2) is 9.90. The largest absolute Gasteiger partial charge is 0.507 e. The van der Waals surface area contributed by atoms with Gasteiger partial charge in [-0.3, -0.25) is 9.59 Å². The average Bonchev–Trinajstić information content (AvgIpc) is 3.00. The molecule has 0 radical (unpaired) electrons. The highest BCUT2D eigenvalue weighted by atomic mass is 35.5. The lowest BCUT2D eigenvalue weighted by atomic mass is 9.95. The van der Waals surface area contributed by atoms with E-state index in [2.05, 4.69) is 0 Å². The number of hydrogen-bond acceptors (Lipinski definition) is 5. The Morgan fingerprint density at radius 2 is 1.88 bits per heavy atom. The highest BCUT2D eigenvalue weighted by molar-refractivity contribution is 6.46. The molecule has 1 N–H and O–H groups in total. The number of methoxy groups -OCH3 is 1. The number of rotatable bonds is 7. The number of Topliss-reactive ketones (excluding diaryl/α,β-unsaturated/α-hetero) is 1. The molecule has 1 aliphatic rings. The minimum absolute atomic E-state index is 0.00767. The van der Waals surface area contributed by atoms with Crippen LogP contribution in [0.1, 0.15) is 23.6 Å². The van der Waals surface area contributed by atoms with Gasteiger partial charge in [0.1, 0.15) is 5.76 Å². The van der Waals surface area contributed by atoms with Crippen LogP contribution in [0, 0.1) is 5.82 Å². The van der Waals surface area contributed by atoms with E-state index < -0.39 is 29.3 Å². The van der Waals surface area contributed by atoms with Gasteiger partial charge in [-0.2, -0.15) is 0 Å². The predicted molar refractivity (Wildman–Crippen MR) is 122 cm³/mol. The maximum atomic E-state index is 14.3. The van der Waals surface area contributed by atoms with Crippen molar-refractivity contribution in [3.63, 3.8) is 0 Å². The lowest BCUT2D eigenvalue weighted by Gasteiger charge is -2.26. The minimum Gasteiger partial charge on any atom is -0.507 e. The van der Waals surface area contributed by atoms with Gasteiger partial charge in [0.15, 0.2) is 11.6 Å². The first kappa shape index (κ1) is 24.0. The fourth-order valence-electron chi connectivity index (χ4n) is 3.67. The Balaban J connectivity index is 2.13. The normalized spacial score (nSPS) is 18.0. The first-order chi connectivity index (χ1) is 15.1. The molecule has 3 rings (SSSR count). The zero-order chi connectivity index (χ0) is 23.6. The second-order valence-electron chi connectivity index (χ2n) is 7.67. The summed E-state index contributed by atoms with van der Waals surface area (Å²) in [6.45, 7) is 0.974. The third-order valence-corrected chi connectivity index (χ3v) is 5.97. The molecule has 1 aliphatic heterocycles. The van der Waals surface area contributed by atoms with Crippen molar-refractivity contribution < 1.29 is 23.8 Å². The molecule has 2 aromatic carbocycles. The van der Waals surface area contributed by atoms with Crippen LogP contribution in [0.15, 0.2) is 42.0 Å². The number of amides is 1. The maximum Gasteiger partial charge on any atom is 0.295 e. The van der Waals surface area contributed by atoms with Crippen LogP contribution in [-0.2, 0) is 9.59 Å². The van der Waals surface area contributed by atoms with Crippen molar-refractivity contribution in [3.05, 3.63) is 69.0 Å². The molecule has 32 heavy (non-hydrogen) atoms. The van der Waals surface area contributed by atoms with Crippen LogP contribution < -0.4 is 4.74 Å². The molecular formula is C23H23Cl2FN2O4. The summed E-state index contributed by atoms with van der Waals surface area (Å²) in [7, 11) is 5.13. The topological polar surface area (TPSA) is 70.1 Å². The third-order valence-electron chi connectivity index (χ3n) is 5.23. The van der Waals surface area contributed by atoms with Crippen LogP contribution in [-0.4, -0.2) is 60.9 Å². The smallest absolute Gasteiger partial charge is 0.295 e. The molecule has 1 amide bonds. The Labute approximate surface area is 195 Å². The number of aliphatic hydroxyl groups is 1. The number of nitrogens with zero attached hydrogens (tertiary/aromatic N) is 2. The fourth-order valence-corrected chi connectivity index (χ4v) is 3.97. The van der Waals surface area contributed by atoms with E-state index in [0.29, 0.717) is 23.6 Å². The highest BCUT2D eigenvalue weighted by Crippen LogP contribution is 2.41. The Bertz CT molecular complexity index is 1090. The van der Waals surface area contributed by atoms with E-state index in [0.717, 1.165) is 6.07 Å². The number of carbonyl (C=O) groups is 2. The number of aliphatic hydroxyl groups excluding tert-OH is 1. The van der Waals surface area contributed by atoms with Crippen molar-refractivity contribution in [2.24, 2.45) is 0 Å². The summed E-state index contributed by atoms with van der Waals surface area (Å²) in [5, 5.41) is 11.6. The van der Waals surface area contributed by atoms with Crippen LogP contribution in [0.2, 0.25) is 10.0 Å². The molecule has 0 saturated carbocycles. The Kier molecular flexibility index (Phi) is 7.44. The molecule has 0 bridgehead atoms. The third kappa shape index (κ3) is 4.75. The van der Waals surface area contributed by atoms with Crippen molar-refractivity contribution in [3.8, 4) is 5.75 Å². The van der Waals surface area contributed by atoms with Crippen LogP contribution in [0.3, 0.4) is 0 Å². The molecule has 0 spiro atoms. The van der Waals surface area contributed by atoms with Crippen LogP contribution in [0.5, 0.6) is 5.75 Å². The van der Waals surface area contributed by atoms with Crippen molar-refractivity contribution in [1.29, 1.82) is 0 Å². The number of ketones is 1. The van der Waals surface area contributed by atoms with E-state index in [9.17, 15) is 19.1 Å². The van der Waals surface area contributed by atoms with Gasteiger partial charge in [-0.25, -0.2) is 4.39 Å². The van der Waals surface area contributed by atoms with E-state index in [-0.39, 0.29) is 28.5 Å². The summed E-state index contributed by atoms with van der Waals surface area (Å²) in [4.78, 5) is 29.2. The molecule has 1 atom stereocenters. The van der Waals surface area contributed by atoms with Gasteiger partial charge in [0.05, 0.1) is 28.8 Å². The van der Waals surface area contributed by atoms with Crippen LogP contribution >= 0.6 is 23.2 Å². The number of likely N-dealkylation sites (tertiary alicyclic amines) is 1. The van der Waals surface area contributed by atoms with E-state index in [1.165, 1.54) is 24.1 Å². The Morgan fingerprint density at radius 3 is 2.47 bits per heavy atom. The zero-order valence-corrected chi connectivity index (χ0v) is 19.4. The Hall–Kier alpha value is -2.61. The van der Waals surface area contributed by atoms with Crippen molar-refractivity contribution in [2.45, 2.75) is 12.5 Å². The standard InChI is InChI=1S/C23H23Cl2FN2O4/c1-27(2)9-4-10-28-20(13-5-7-15(24)16(25)11-13)19(22(30)23(28)31)21(29)14-6-8-18(32-3)17(26)12-14/h5-8,11-12,20,29H,4,9-10H2,1-3H3/b21-19-.